The second-order valence-electron chi connectivity index (χ2n) is 4.41. The van der Waals surface area contributed by atoms with Crippen LogP contribution in [0, 0.1) is 0 Å². The summed E-state index contributed by atoms with van der Waals surface area (Å²) in [6, 6.07) is 5.99. The zero-order valence-corrected chi connectivity index (χ0v) is 9.90. The number of carbonyl (C=O) groups excluding carboxylic acids is 1. The first kappa shape index (κ1) is 10.4. The Hall–Kier alpha value is -1.77. The van der Waals surface area contributed by atoms with Crippen LogP contribution in [0.25, 0.3) is 10.9 Å². The summed E-state index contributed by atoms with van der Waals surface area (Å²) in [5.41, 5.74) is 3.22. The third-order valence-electron chi connectivity index (χ3n) is 3.30. The third kappa shape index (κ3) is 1.62. The van der Waals surface area contributed by atoms with Crippen LogP contribution in [0.5, 0.6) is 0 Å². The lowest BCUT2D eigenvalue weighted by Crippen LogP contribution is -2.09. The van der Waals surface area contributed by atoms with Gasteiger partial charge in [0.05, 0.1) is 17.7 Å². The number of carbonyl (C=O) groups is 1. The molecule has 1 aromatic heterocycles. The highest BCUT2D eigenvalue weighted by Crippen LogP contribution is 2.27. The Bertz CT molecular complexity index is 583. The summed E-state index contributed by atoms with van der Waals surface area (Å²) in [5.74, 6) is -0.219. The van der Waals surface area contributed by atoms with Crippen molar-refractivity contribution in [2.75, 3.05) is 6.61 Å². The molecule has 0 aliphatic carbocycles. The van der Waals surface area contributed by atoms with E-state index in [2.05, 4.69) is 16.8 Å². The van der Waals surface area contributed by atoms with Crippen molar-refractivity contribution in [1.29, 1.82) is 0 Å². The maximum atomic E-state index is 11.8. The van der Waals surface area contributed by atoms with Gasteiger partial charge in [0.1, 0.15) is 0 Å². The molecule has 0 radical (unpaired) electrons. The van der Waals surface area contributed by atoms with E-state index >= 15 is 0 Å². The van der Waals surface area contributed by atoms with E-state index in [0.717, 1.165) is 24.8 Å². The molecule has 88 valence electrons. The zero-order valence-electron chi connectivity index (χ0n) is 9.90. The molecule has 0 atom stereocenters. The van der Waals surface area contributed by atoms with Crippen LogP contribution in [0.3, 0.4) is 0 Å². The zero-order chi connectivity index (χ0) is 11.8. The van der Waals surface area contributed by atoms with Gasteiger partial charge in [-0.2, -0.15) is 0 Å². The monoisotopic (exact) mass is 229 g/mol. The van der Waals surface area contributed by atoms with Gasteiger partial charge in [-0.1, -0.05) is 0 Å². The molecular formula is C14H15NO2. The van der Waals surface area contributed by atoms with Crippen molar-refractivity contribution < 1.29 is 9.53 Å². The second-order valence-corrected chi connectivity index (χ2v) is 4.41. The molecule has 0 fully saturated rings. The lowest BCUT2D eigenvalue weighted by atomic mass is 10.0. The Morgan fingerprint density at radius 2 is 2.35 bits per heavy atom. The highest BCUT2D eigenvalue weighted by Gasteiger charge is 2.16. The molecule has 3 nitrogen and oxygen atoms in total. The van der Waals surface area contributed by atoms with Crippen LogP contribution in [0.2, 0.25) is 0 Å². The topological polar surface area (TPSA) is 31.2 Å². The minimum absolute atomic E-state index is 0.219. The van der Waals surface area contributed by atoms with Crippen LogP contribution < -0.4 is 0 Å². The lowest BCUT2D eigenvalue weighted by Gasteiger charge is -2.16. The molecule has 0 saturated heterocycles. The number of aryl methyl sites for hydroxylation is 2. The minimum Gasteiger partial charge on any atom is -0.462 e. The van der Waals surface area contributed by atoms with Crippen molar-refractivity contribution in [2.45, 2.75) is 26.3 Å². The summed E-state index contributed by atoms with van der Waals surface area (Å²) < 4.78 is 7.32. The van der Waals surface area contributed by atoms with Gasteiger partial charge in [0.25, 0.3) is 0 Å². The van der Waals surface area contributed by atoms with Crippen molar-refractivity contribution in [3.8, 4) is 0 Å². The highest BCUT2D eigenvalue weighted by molar-refractivity contribution is 5.96. The van der Waals surface area contributed by atoms with Crippen molar-refractivity contribution in [3.63, 3.8) is 0 Å². The second kappa shape index (κ2) is 3.91. The molecule has 2 aromatic rings. The van der Waals surface area contributed by atoms with Crippen LogP contribution >= 0.6 is 0 Å². The Morgan fingerprint density at radius 1 is 1.47 bits per heavy atom. The van der Waals surface area contributed by atoms with E-state index in [-0.39, 0.29) is 5.97 Å². The van der Waals surface area contributed by atoms with Gasteiger partial charge in [-0.15, -0.1) is 0 Å². The van der Waals surface area contributed by atoms with Crippen molar-refractivity contribution >= 4 is 16.9 Å². The van der Waals surface area contributed by atoms with Gasteiger partial charge in [0, 0.05) is 18.1 Å². The molecule has 17 heavy (non-hydrogen) atoms. The molecule has 1 aliphatic rings. The van der Waals surface area contributed by atoms with Crippen LogP contribution in [0.15, 0.2) is 24.4 Å². The van der Waals surface area contributed by atoms with Gasteiger partial charge in [0.15, 0.2) is 0 Å². The summed E-state index contributed by atoms with van der Waals surface area (Å²) >= 11 is 0. The van der Waals surface area contributed by atoms with Crippen LogP contribution in [0.4, 0.5) is 0 Å². The molecule has 0 spiro atoms. The smallest absolute Gasteiger partial charge is 0.338 e. The molecule has 0 unspecified atom stereocenters. The largest absolute Gasteiger partial charge is 0.462 e. The summed E-state index contributed by atoms with van der Waals surface area (Å²) in [4.78, 5) is 11.8. The van der Waals surface area contributed by atoms with Gasteiger partial charge in [-0.25, -0.2) is 4.79 Å². The fraction of sp³-hybridized carbons (Fsp3) is 0.357. The van der Waals surface area contributed by atoms with Crippen molar-refractivity contribution in [2.24, 2.45) is 0 Å². The van der Waals surface area contributed by atoms with Crippen molar-refractivity contribution in [1.82, 2.24) is 4.57 Å². The van der Waals surface area contributed by atoms with Crippen LogP contribution in [-0.2, 0) is 17.7 Å². The SMILES string of the molecule is CCOC(=O)c1cc2c3c(ccn3CCC2)c1. The summed E-state index contributed by atoms with van der Waals surface area (Å²) in [7, 11) is 0. The first-order valence-corrected chi connectivity index (χ1v) is 6.08. The molecule has 0 bridgehead atoms. The Balaban J connectivity index is 2.14. The number of esters is 1. The van der Waals surface area contributed by atoms with E-state index in [4.69, 9.17) is 4.74 Å². The maximum Gasteiger partial charge on any atom is 0.338 e. The van der Waals surface area contributed by atoms with E-state index in [9.17, 15) is 4.79 Å². The molecule has 0 amide bonds. The van der Waals surface area contributed by atoms with E-state index in [1.807, 2.05) is 19.1 Å². The maximum absolute atomic E-state index is 11.8. The molecular weight excluding hydrogens is 214 g/mol. The highest BCUT2D eigenvalue weighted by atomic mass is 16.5. The normalized spacial score (nSPS) is 13.9. The lowest BCUT2D eigenvalue weighted by molar-refractivity contribution is 0.0526. The minimum atomic E-state index is -0.219. The average molecular weight is 229 g/mol. The number of nitrogens with zero attached hydrogens (tertiary/aromatic N) is 1. The molecule has 1 aliphatic heterocycles. The number of ether oxygens (including phenoxy) is 1. The van der Waals surface area contributed by atoms with Gasteiger partial charge in [-0.05, 0) is 43.5 Å². The average Bonchev–Trinajstić information content (AvgIpc) is 2.75. The number of hydrogen-bond acceptors (Lipinski definition) is 2. The quantitative estimate of drug-likeness (QED) is 0.741. The Morgan fingerprint density at radius 3 is 3.18 bits per heavy atom. The number of aromatic nitrogens is 1. The Kier molecular flexibility index (Phi) is 2.39. The van der Waals surface area contributed by atoms with Gasteiger partial charge in [-0.3, -0.25) is 0 Å². The first-order valence-electron chi connectivity index (χ1n) is 6.08. The summed E-state index contributed by atoms with van der Waals surface area (Å²) in [6.07, 6.45) is 4.29. The van der Waals surface area contributed by atoms with Gasteiger partial charge < -0.3 is 9.30 Å². The predicted molar refractivity (Wildman–Crippen MR) is 66.2 cm³/mol. The molecule has 1 aromatic carbocycles. The van der Waals surface area contributed by atoms with Gasteiger partial charge >= 0.3 is 5.97 Å². The van der Waals surface area contributed by atoms with E-state index in [0.29, 0.717) is 12.2 Å². The first-order chi connectivity index (χ1) is 8.29. The summed E-state index contributed by atoms with van der Waals surface area (Å²) in [6.45, 7) is 3.33. The Labute approximate surface area is 100.0 Å². The fourth-order valence-electron chi connectivity index (χ4n) is 2.59. The van der Waals surface area contributed by atoms with Crippen LogP contribution in [-0.4, -0.2) is 17.1 Å². The van der Waals surface area contributed by atoms with E-state index < -0.39 is 0 Å². The van der Waals surface area contributed by atoms with Crippen molar-refractivity contribution in [3.05, 3.63) is 35.5 Å². The number of hydrogen-bond donors (Lipinski definition) is 0. The molecule has 2 heterocycles. The molecule has 0 saturated carbocycles. The van der Waals surface area contributed by atoms with Gasteiger partial charge in [0.2, 0.25) is 0 Å². The predicted octanol–water partition coefficient (Wildman–Crippen LogP) is 2.76. The fourth-order valence-corrected chi connectivity index (χ4v) is 2.59. The number of rotatable bonds is 2. The van der Waals surface area contributed by atoms with E-state index in [1.165, 1.54) is 11.1 Å². The van der Waals surface area contributed by atoms with Crippen LogP contribution in [0.1, 0.15) is 29.3 Å². The van der Waals surface area contributed by atoms with E-state index in [1.54, 1.807) is 0 Å². The molecule has 3 heteroatoms. The molecule has 3 rings (SSSR count). The standard InChI is InChI=1S/C14H15NO2/c1-2-17-14(16)12-8-10-4-3-6-15-7-5-11(9-12)13(10)15/h5,7-9H,2-4,6H2,1H3. The molecule has 0 N–H and O–H groups in total. The summed E-state index contributed by atoms with van der Waals surface area (Å²) in [5, 5.41) is 1.14. The number of benzene rings is 1. The third-order valence-corrected chi connectivity index (χ3v) is 3.30.